The number of thiazole rings is 1. The molecule has 0 saturated carbocycles. The topological polar surface area (TPSA) is 89.0 Å². The minimum atomic E-state index is -0.434. The van der Waals surface area contributed by atoms with E-state index in [1.165, 1.54) is 11.3 Å². The zero-order chi connectivity index (χ0) is 20.1. The zero-order valence-corrected chi connectivity index (χ0v) is 16.3. The number of anilines is 2. The molecule has 0 atom stereocenters. The predicted octanol–water partition coefficient (Wildman–Crippen LogP) is 5.34. The highest BCUT2D eigenvalue weighted by Crippen LogP contribution is 2.25. The molecular weight excluding hydrogens is 386 g/mol. The summed E-state index contributed by atoms with van der Waals surface area (Å²) in [7, 11) is 0. The Balaban J connectivity index is 1.38. The van der Waals surface area contributed by atoms with Crippen molar-refractivity contribution in [1.29, 1.82) is 0 Å². The summed E-state index contributed by atoms with van der Waals surface area (Å²) in [5, 5.41) is 7.97. The Kier molecular flexibility index (Phi) is 5.44. The second-order valence-corrected chi connectivity index (χ2v) is 6.99. The van der Waals surface area contributed by atoms with E-state index in [4.69, 9.17) is 4.74 Å². The molecule has 0 bridgehead atoms. The van der Waals surface area contributed by atoms with Crippen molar-refractivity contribution < 1.29 is 9.53 Å². The van der Waals surface area contributed by atoms with Gasteiger partial charge in [0.2, 0.25) is 5.88 Å². The van der Waals surface area contributed by atoms with Crippen LogP contribution < -0.4 is 15.4 Å². The van der Waals surface area contributed by atoms with Crippen molar-refractivity contribution in [3.05, 3.63) is 77.9 Å². The maximum Gasteiger partial charge on any atom is 0.326 e. The van der Waals surface area contributed by atoms with Gasteiger partial charge in [0, 0.05) is 29.4 Å². The lowest BCUT2D eigenvalue weighted by atomic mass is 10.2. The number of hydrogen-bond donors (Lipinski definition) is 2. The van der Waals surface area contributed by atoms with E-state index in [0.29, 0.717) is 23.3 Å². The molecule has 0 radical (unpaired) electrons. The smallest absolute Gasteiger partial charge is 0.326 e. The van der Waals surface area contributed by atoms with Gasteiger partial charge in [0.25, 0.3) is 0 Å². The molecule has 0 unspecified atom stereocenters. The number of hydrogen-bond acceptors (Lipinski definition) is 6. The number of aryl methyl sites for hydroxylation is 1. The molecule has 3 heterocycles. The van der Waals surface area contributed by atoms with Crippen molar-refractivity contribution in [1.82, 2.24) is 15.0 Å². The summed E-state index contributed by atoms with van der Waals surface area (Å²) in [5.41, 5.74) is 2.09. The lowest BCUT2D eigenvalue weighted by molar-refractivity contribution is 0.262. The van der Waals surface area contributed by atoms with E-state index >= 15 is 0 Å². The number of ether oxygens (including phenoxy) is 1. The lowest BCUT2D eigenvalue weighted by Crippen LogP contribution is -2.20. The molecule has 0 fully saturated rings. The van der Waals surface area contributed by atoms with Gasteiger partial charge in [-0.25, -0.2) is 9.78 Å². The first-order chi connectivity index (χ1) is 14.2. The van der Waals surface area contributed by atoms with Crippen LogP contribution in [0.4, 0.5) is 16.4 Å². The van der Waals surface area contributed by atoms with Crippen molar-refractivity contribution in [3.8, 4) is 22.2 Å². The molecule has 2 amide bonds. The number of urea groups is 1. The highest BCUT2D eigenvalue weighted by atomic mass is 32.1. The minimum absolute atomic E-state index is 0.372. The molecule has 0 aliphatic heterocycles. The van der Waals surface area contributed by atoms with Gasteiger partial charge >= 0.3 is 6.03 Å². The van der Waals surface area contributed by atoms with Gasteiger partial charge in [0.1, 0.15) is 22.4 Å². The molecule has 0 aliphatic rings. The maximum atomic E-state index is 12.3. The van der Waals surface area contributed by atoms with Crippen LogP contribution in [0.1, 0.15) is 5.56 Å². The van der Waals surface area contributed by atoms with Crippen LogP contribution in [0.3, 0.4) is 0 Å². The van der Waals surface area contributed by atoms with Crippen molar-refractivity contribution in [2.24, 2.45) is 0 Å². The summed E-state index contributed by atoms with van der Waals surface area (Å²) < 4.78 is 5.73. The molecule has 0 spiro atoms. The van der Waals surface area contributed by atoms with Crippen LogP contribution in [-0.4, -0.2) is 21.0 Å². The molecule has 4 aromatic rings. The average Bonchev–Trinajstić information content (AvgIpc) is 3.19. The van der Waals surface area contributed by atoms with Crippen LogP contribution in [0.25, 0.3) is 10.6 Å². The van der Waals surface area contributed by atoms with E-state index in [9.17, 15) is 4.79 Å². The summed E-state index contributed by atoms with van der Waals surface area (Å²) in [6.45, 7) is 2.01. The first-order valence-corrected chi connectivity index (χ1v) is 9.69. The molecule has 3 aromatic heterocycles. The van der Waals surface area contributed by atoms with Crippen LogP contribution in [0.2, 0.25) is 0 Å². The van der Waals surface area contributed by atoms with E-state index < -0.39 is 6.03 Å². The van der Waals surface area contributed by atoms with E-state index in [2.05, 4.69) is 25.6 Å². The summed E-state index contributed by atoms with van der Waals surface area (Å²) in [4.78, 5) is 25.0. The number of nitrogens with one attached hydrogen (secondary N) is 2. The standard InChI is InChI=1S/C21H17N5O2S/c1-14-5-7-16(8-6-14)28-19-4-2-3-17(23-19)25-21(27)26-18-13-29-20(24-18)15-9-11-22-12-10-15/h2-13H,1H3,(H2,23,25,26,27). The zero-order valence-electron chi connectivity index (χ0n) is 15.5. The Morgan fingerprint density at radius 3 is 2.48 bits per heavy atom. The van der Waals surface area contributed by atoms with Gasteiger partial charge in [-0.15, -0.1) is 11.3 Å². The van der Waals surface area contributed by atoms with Crippen LogP contribution in [-0.2, 0) is 0 Å². The third-order valence-electron chi connectivity index (χ3n) is 3.88. The molecule has 4 rings (SSSR count). The average molecular weight is 403 g/mol. The van der Waals surface area contributed by atoms with Crippen LogP contribution in [0.5, 0.6) is 11.6 Å². The van der Waals surface area contributed by atoms with Crippen molar-refractivity contribution >= 4 is 29.0 Å². The van der Waals surface area contributed by atoms with Crippen molar-refractivity contribution in [3.63, 3.8) is 0 Å². The van der Waals surface area contributed by atoms with Crippen LogP contribution in [0, 0.1) is 6.92 Å². The largest absolute Gasteiger partial charge is 0.439 e. The van der Waals surface area contributed by atoms with Gasteiger partial charge in [-0.1, -0.05) is 23.8 Å². The fourth-order valence-corrected chi connectivity index (χ4v) is 3.25. The van der Waals surface area contributed by atoms with E-state index in [1.807, 2.05) is 43.3 Å². The molecule has 0 saturated heterocycles. The SMILES string of the molecule is Cc1ccc(Oc2cccc(NC(=O)Nc3csc(-c4ccncc4)n3)n2)cc1. The van der Waals surface area contributed by atoms with Crippen LogP contribution >= 0.6 is 11.3 Å². The molecule has 2 N–H and O–H groups in total. The normalized spacial score (nSPS) is 10.4. The van der Waals surface area contributed by atoms with Crippen molar-refractivity contribution in [2.75, 3.05) is 10.6 Å². The Labute approximate surface area is 171 Å². The Morgan fingerprint density at radius 2 is 1.69 bits per heavy atom. The maximum absolute atomic E-state index is 12.3. The number of carbonyl (C=O) groups excluding carboxylic acids is 1. The number of rotatable bonds is 5. The van der Waals surface area contributed by atoms with Gasteiger partial charge in [-0.05, 0) is 37.3 Å². The van der Waals surface area contributed by atoms with Crippen molar-refractivity contribution in [2.45, 2.75) is 6.92 Å². The fourth-order valence-electron chi connectivity index (χ4n) is 2.49. The minimum Gasteiger partial charge on any atom is -0.439 e. The van der Waals surface area contributed by atoms with Gasteiger partial charge in [-0.3, -0.25) is 15.6 Å². The molecule has 8 heteroatoms. The predicted molar refractivity (Wildman–Crippen MR) is 113 cm³/mol. The number of nitrogens with zero attached hydrogens (tertiary/aromatic N) is 3. The highest BCUT2D eigenvalue weighted by Gasteiger charge is 2.09. The Hall–Kier alpha value is -3.78. The number of carbonyl (C=O) groups is 1. The highest BCUT2D eigenvalue weighted by molar-refractivity contribution is 7.13. The lowest BCUT2D eigenvalue weighted by Gasteiger charge is -2.08. The molecule has 144 valence electrons. The van der Waals surface area contributed by atoms with Gasteiger partial charge < -0.3 is 4.74 Å². The van der Waals surface area contributed by atoms with E-state index in [1.54, 1.807) is 36.0 Å². The summed E-state index contributed by atoms with van der Waals surface area (Å²) >= 11 is 1.44. The van der Waals surface area contributed by atoms with Gasteiger partial charge in [-0.2, -0.15) is 4.98 Å². The molecule has 0 aliphatic carbocycles. The fraction of sp³-hybridized carbons (Fsp3) is 0.0476. The summed E-state index contributed by atoms with van der Waals surface area (Å²) in [6.07, 6.45) is 3.40. The Morgan fingerprint density at radius 1 is 0.931 bits per heavy atom. The third-order valence-corrected chi connectivity index (χ3v) is 4.77. The first-order valence-electron chi connectivity index (χ1n) is 8.81. The monoisotopic (exact) mass is 403 g/mol. The number of aromatic nitrogens is 3. The van der Waals surface area contributed by atoms with E-state index in [-0.39, 0.29) is 0 Å². The second-order valence-electron chi connectivity index (χ2n) is 6.13. The molecular formula is C21H17N5O2S. The second kappa shape index (κ2) is 8.49. The summed E-state index contributed by atoms with van der Waals surface area (Å²) in [5.74, 6) is 1.90. The van der Waals surface area contributed by atoms with Gasteiger partial charge in [0.15, 0.2) is 0 Å². The van der Waals surface area contributed by atoms with Crippen LogP contribution in [0.15, 0.2) is 72.4 Å². The van der Waals surface area contributed by atoms with Gasteiger partial charge in [0.05, 0.1) is 0 Å². The third kappa shape index (κ3) is 4.94. The number of amides is 2. The first kappa shape index (κ1) is 18.6. The molecule has 29 heavy (non-hydrogen) atoms. The quantitative estimate of drug-likeness (QED) is 0.469. The Bertz CT molecular complexity index is 1110. The number of pyridine rings is 2. The van der Waals surface area contributed by atoms with E-state index in [0.717, 1.165) is 16.1 Å². The molecule has 7 nitrogen and oxygen atoms in total. The number of benzene rings is 1. The molecule has 1 aromatic carbocycles. The summed E-state index contributed by atoms with van der Waals surface area (Å²) in [6, 6.07) is 16.1.